The molecule has 1 heterocycles. The molecule has 0 bridgehead atoms. The molecule has 0 aromatic heterocycles. The van der Waals surface area contributed by atoms with Crippen LogP contribution in [0.1, 0.15) is 19.4 Å². The third-order valence-electron chi connectivity index (χ3n) is 4.16. The van der Waals surface area contributed by atoms with Crippen molar-refractivity contribution >= 4 is 63.2 Å². The van der Waals surface area contributed by atoms with Gasteiger partial charge in [0.1, 0.15) is 11.6 Å². The summed E-state index contributed by atoms with van der Waals surface area (Å²) in [5.41, 5.74) is 1.40. The van der Waals surface area contributed by atoms with Gasteiger partial charge in [-0.2, -0.15) is 0 Å². The molecular weight excluding hydrogens is 534 g/mol. The van der Waals surface area contributed by atoms with Gasteiger partial charge in [0.2, 0.25) is 0 Å². The Hall–Kier alpha value is -2.40. The summed E-state index contributed by atoms with van der Waals surface area (Å²) in [6.07, 6.45) is 1.79. The second-order valence-electron chi connectivity index (χ2n) is 6.31. The van der Waals surface area contributed by atoms with Crippen molar-refractivity contribution in [3.05, 3.63) is 62.3 Å². The van der Waals surface area contributed by atoms with E-state index in [4.69, 9.17) is 9.47 Å². The lowest BCUT2D eigenvalue weighted by Gasteiger charge is -2.12. The van der Waals surface area contributed by atoms with Crippen molar-refractivity contribution in [1.29, 1.82) is 0 Å². The topological polar surface area (TPSA) is 68.2 Å². The third kappa shape index (κ3) is 6.07. The van der Waals surface area contributed by atoms with Crippen molar-refractivity contribution in [1.82, 2.24) is 4.90 Å². The van der Waals surface area contributed by atoms with E-state index in [1.807, 2.05) is 19.1 Å². The minimum Gasteiger partial charge on any atom is -0.481 e. The lowest BCUT2D eigenvalue weighted by molar-refractivity contribution is -0.145. The molecule has 0 atom stereocenters. The minimum absolute atomic E-state index is 0.133. The fourth-order valence-electron chi connectivity index (χ4n) is 2.71. The van der Waals surface area contributed by atoms with Gasteiger partial charge in [-0.15, -0.1) is 0 Å². The molecule has 0 saturated carbocycles. The average Bonchev–Trinajstić information content (AvgIpc) is 3.03. The molecule has 3 rings (SSSR count). The van der Waals surface area contributed by atoms with E-state index in [0.29, 0.717) is 34.7 Å². The summed E-state index contributed by atoms with van der Waals surface area (Å²) in [4.78, 5) is 30.9. The second-order valence-corrected chi connectivity index (χ2v) is 8.49. The monoisotopic (exact) mass is 554 g/mol. The Balaban J connectivity index is 1.78. The Morgan fingerprint density at radius 1 is 1.23 bits per heavy atom. The number of rotatable bonds is 7. The molecule has 9 heteroatoms. The van der Waals surface area contributed by atoms with Gasteiger partial charge in [0, 0.05) is 6.54 Å². The fraction of sp³-hybridized carbons (Fsp3) is 0.227. The molecule has 162 valence electrons. The van der Waals surface area contributed by atoms with Crippen molar-refractivity contribution in [2.75, 3.05) is 19.8 Å². The lowest BCUT2D eigenvalue weighted by Crippen LogP contribution is -2.28. The predicted octanol–water partition coefficient (Wildman–Crippen LogP) is 5.00. The van der Waals surface area contributed by atoms with Gasteiger partial charge >= 0.3 is 5.97 Å². The van der Waals surface area contributed by atoms with Crippen LogP contribution in [-0.4, -0.2) is 41.7 Å². The second kappa shape index (κ2) is 10.8. The predicted molar refractivity (Wildman–Crippen MR) is 128 cm³/mol. The number of aliphatic imine (C=N–C) groups is 1. The number of thioether (sulfide) groups is 1. The van der Waals surface area contributed by atoms with Crippen LogP contribution in [-0.2, 0) is 14.3 Å². The van der Waals surface area contributed by atoms with Gasteiger partial charge in [0.05, 0.1) is 20.8 Å². The van der Waals surface area contributed by atoms with Gasteiger partial charge in [0.25, 0.3) is 5.91 Å². The zero-order chi connectivity index (χ0) is 22.4. The van der Waals surface area contributed by atoms with E-state index in [2.05, 4.69) is 27.6 Å². The highest BCUT2D eigenvalue weighted by molar-refractivity contribution is 14.1. The van der Waals surface area contributed by atoms with Crippen LogP contribution < -0.4 is 4.74 Å². The van der Waals surface area contributed by atoms with Crippen molar-refractivity contribution in [2.24, 2.45) is 4.99 Å². The van der Waals surface area contributed by atoms with Crippen LogP contribution in [0, 0.1) is 9.39 Å². The molecule has 0 radical (unpaired) electrons. The summed E-state index contributed by atoms with van der Waals surface area (Å²) in [5, 5.41) is 0.550. The van der Waals surface area contributed by atoms with E-state index in [9.17, 15) is 14.0 Å². The Kier molecular flexibility index (Phi) is 8.08. The summed E-state index contributed by atoms with van der Waals surface area (Å²) in [6.45, 7) is 4.23. The standard InChI is InChI=1S/C22H20FIN2O4S/c1-3-26-21(28)19(31-22(26)25-16-8-6-15(23)7-9-16)12-14-5-10-18(17(24)11-14)30-13-20(27)29-4-2/h5-12H,3-4,13H2,1-2H3/b19-12+,25-22?. The van der Waals surface area contributed by atoms with Crippen LogP contribution in [0.25, 0.3) is 6.08 Å². The molecule has 1 amide bonds. The highest BCUT2D eigenvalue weighted by Crippen LogP contribution is 2.34. The first-order valence-electron chi connectivity index (χ1n) is 9.55. The first kappa shape index (κ1) is 23.3. The molecule has 0 aliphatic carbocycles. The van der Waals surface area contributed by atoms with Crippen LogP contribution in [0.15, 0.2) is 52.4 Å². The van der Waals surface area contributed by atoms with E-state index in [-0.39, 0.29) is 18.3 Å². The summed E-state index contributed by atoms with van der Waals surface area (Å²) in [5.74, 6) is -0.331. The number of amidine groups is 1. The smallest absolute Gasteiger partial charge is 0.344 e. The van der Waals surface area contributed by atoms with Crippen LogP contribution in [0.2, 0.25) is 0 Å². The minimum atomic E-state index is -0.426. The van der Waals surface area contributed by atoms with E-state index in [1.54, 1.807) is 36.1 Å². The third-order valence-corrected chi connectivity index (χ3v) is 6.01. The quantitative estimate of drug-likeness (QED) is 0.274. The number of carbonyl (C=O) groups excluding carboxylic acids is 2. The van der Waals surface area contributed by atoms with Crippen molar-refractivity contribution in [3.63, 3.8) is 0 Å². The molecule has 1 aliphatic heterocycles. The molecule has 0 spiro atoms. The lowest BCUT2D eigenvalue weighted by atomic mass is 10.2. The first-order chi connectivity index (χ1) is 14.9. The fourth-order valence-corrected chi connectivity index (χ4v) is 4.47. The maximum absolute atomic E-state index is 13.1. The molecule has 2 aromatic carbocycles. The Morgan fingerprint density at radius 2 is 1.97 bits per heavy atom. The molecule has 6 nitrogen and oxygen atoms in total. The number of likely N-dealkylation sites (N-methyl/N-ethyl adjacent to an activating group) is 1. The zero-order valence-electron chi connectivity index (χ0n) is 16.9. The maximum Gasteiger partial charge on any atom is 0.344 e. The van der Waals surface area contributed by atoms with Gasteiger partial charge in [-0.1, -0.05) is 6.07 Å². The maximum atomic E-state index is 13.1. The van der Waals surface area contributed by atoms with Gasteiger partial charge in [-0.3, -0.25) is 9.69 Å². The summed E-state index contributed by atoms with van der Waals surface area (Å²) >= 11 is 3.39. The van der Waals surface area contributed by atoms with Gasteiger partial charge < -0.3 is 9.47 Å². The number of amides is 1. The molecule has 1 aliphatic rings. The van der Waals surface area contributed by atoms with Crippen molar-refractivity contribution < 1.29 is 23.5 Å². The van der Waals surface area contributed by atoms with Crippen molar-refractivity contribution in [2.45, 2.75) is 13.8 Å². The summed E-state index contributed by atoms with van der Waals surface area (Å²) < 4.78 is 24.3. The molecule has 1 saturated heterocycles. The van der Waals surface area contributed by atoms with Crippen LogP contribution in [0.5, 0.6) is 5.75 Å². The van der Waals surface area contributed by atoms with Gasteiger partial charge in [-0.05, 0) is 96.2 Å². The number of nitrogens with zero attached hydrogens (tertiary/aromatic N) is 2. The van der Waals surface area contributed by atoms with Crippen LogP contribution in [0.4, 0.5) is 10.1 Å². The van der Waals surface area contributed by atoms with E-state index >= 15 is 0 Å². The molecule has 31 heavy (non-hydrogen) atoms. The first-order valence-corrected chi connectivity index (χ1v) is 11.4. The number of esters is 1. The molecule has 2 aromatic rings. The van der Waals surface area contributed by atoms with E-state index < -0.39 is 5.97 Å². The summed E-state index contributed by atoms with van der Waals surface area (Å²) in [6, 6.07) is 11.2. The number of hydrogen-bond acceptors (Lipinski definition) is 6. The highest BCUT2D eigenvalue weighted by atomic mass is 127. The van der Waals surface area contributed by atoms with Gasteiger partial charge in [-0.25, -0.2) is 14.2 Å². The summed E-state index contributed by atoms with van der Waals surface area (Å²) in [7, 11) is 0. The van der Waals surface area contributed by atoms with Crippen LogP contribution >= 0.6 is 34.4 Å². The molecule has 1 fully saturated rings. The molecule has 0 unspecified atom stereocenters. The Labute approximate surface area is 197 Å². The molecular formula is C22H20FIN2O4S. The molecule has 0 N–H and O–H groups in total. The van der Waals surface area contributed by atoms with Crippen LogP contribution in [0.3, 0.4) is 0 Å². The number of benzene rings is 2. The SMILES string of the molecule is CCOC(=O)COc1ccc(/C=C2/SC(=Nc3ccc(F)cc3)N(CC)C2=O)cc1I. The highest BCUT2D eigenvalue weighted by Gasteiger charge is 2.32. The largest absolute Gasteiger partial charge is 0.481 e. The van der Waals surface area contributed by atoms with Crippen molar-refractivity contribution in [3.8, 4) is 5.75 Å². The van der Waals surface area contributed by atoms with E-state index in [0.717, 1.165) is 9.13 Å². The number of ether oxygens (including phenoxy) is 2. The average molecular weight is 554 g/mol. The Bertz CT molecular complexity index is 1040. The number of hydrogen-bond donors (Lipinski definition) is 0. The van der Waals surface area contributed by atoms with Gasteiger partial charge in [0.15, 0.2) is 11.8 Å². The zero-order valence-corrected chi connectivity index (χ0v) is 19.9. The Morgan fingerprint density at radius 3 is 2.61 bits per heavy atom. The number of halogens is 2. The van der Waals surface area contributed by atoms with E-state index in [1.165, 1.54) is 23.9 Å². The normalized spacial score (nSPS) is 16.3. The number of carbonyl (C=O) groups is 2.